The Balaban J connectivity index is 2.29. The maximum Gasteiger partial charge on any atom is 0.125 e. The van der Waals surface area contributed by atoms with Crippen molar-refractivity contribution >= 4 is 15.9 Å². The minimum absolute atomic E-state index is 0.252. The number of hydrogen-bond acceptors (Lipinski definition) is 3. The average Bonchev–Trinajstić information content (AvgIpc) is 2.39. The summed E-state index contributed by atoms with van der Waals surface area (Å²) in [7, 11) is 1.65. The highest BCUT2D eigenvalue weighted by Crippen LogP contribution is 2.32. The first-order chi connectivity index (χ1) is 8.22. The van der Waals surface area contributed by atoms with Crippen LogP contribution in [-0.4, -0.2) is 13.7 Å². The van der Waals surface area contributed by atoms with Gasteiger partial charge >= 0.3 is 0 Å². The van der Waals surface area contributed by atoms with E-state index in [9.17, 15) is 0 Å². The van der Waals surface area contributed by atoms with Gasteiger partial charge in [0, 0.05) is 10.0 Å². The molecule has 0 saturated heterocycles. The Morgan fingerprint density at radius 1 is 1.47 bits per heavy atom. The molecular weight excluding hydrogens is 282 g/mol. The van der Waals surface area contributed by atoms with Gasteiger partial charge in [0.25, 0.3) is 0 Å². The molecule has 0 spiro atoms. The zero-order chi connectivity index (χ0) is 12.3. The number of nitrogens with two attached hydrogens (primary N) is 1. The van der Waals surface area contributed by atoms with Crippen LogP contribution in [-0.2, 0) is 4.74 Å². The molecule has 0 saturated carbocycles. The number of halogens is 1. The number of hydrogen-bond donors (Lipinski definition) is 1. The standard InChI is InChI=1S/C13H16BrNO2/c1-16-12-8-9(14)5-6-10(12)13(15)11-4-2-3-7-17-11/h4-6,8,13H,2-3,7,15H2,1H3. The maximum absolute atomic E-state index is 6.21. The fourth-order valence-electron chi connectivity index (χ4n) is 1.89. The molecule has 1 aromatic carbocycles. The Bertz CT molecular complexity index is 431. The third-order valence-electron chi connectivity index (χ3n) is 2.80. The van der Waals surface area contributed by atoms with Gasteiger partial charge < -0.3 is 15.2 Å². The van der Waals surface area contributed by atoms with Crippen LogP contribution in [0, 0.1) is 0 Å². The van der Waals surface area contributed by atoms with Gasteiger partial charge in [-0.2, -0.15) is 0 Å². The van der Waals surface area contributed by atoms with E-state index < -0.39 is 0 Å². The van der Waals surface area contributed by atoms with Gasteiger partial charge in [0.15, 0.2) is 0 Å². The van der Waals surface area contributed by atoms with Crippen LogP contribution in [0.4, 0.5) is 0 Å². The van der Waals surface area contributed by atoms with Crippen LogP contribution in [0.1, 0.15) is 24.4 Å². The maximum atomic E-state index is 6.21. The summed E-state index contributed by atoms with van der Waals surface area (Å²) in [6.45, 7) is 0.748. The monoisotopic (exact) mass is 297 g/mol. The van der Waals surface area contributed by atoms with E-state index in [4.69, 9.17) is 15.2 Å². The average molecular weight is 298 g/mol. The van der Waals surface area contributed by atoms with Crippen molar-refractivity contribution in [1.29, 1.82) is 0 Å². The first-order valence-corrected chi connectivity index (χ1v) is 6.43. The number of methoxy groups -OCH3 is 1. The first-order valence-electron chi connectivity index (χ1n) is 5.64. The lowest BCUT2D eigenvalue weighted by molar-refractivity contribution is 0.175. The molecule has 0 aliphatic carbocycles. The van der Waals surface area contributed by atoms with Crippen molar-refractivity contribution in [1.82, 2.24) is 0 Å². The second kappa shape index (κ2) is 5.56. The van der Waals surface area contributed by atoms with E-state index in [0.717, 1.165) is 41.0 Å². The van der Waals surface area contributed by atoms with Gasteiger partial charge in [0.05, 0.1) is 19.8 Å². The summed E-state index contributed by atoms with van der Waals surface area (Å²) >= 11 is 3.42. The van der Waals surface area contributed by atoms with Crippen LogP contribution in [0.2, 0.25) is 0 Å². The predicted molar refractivity (Wildman–Crippen MR) is 70.9 cm³/mol. The molecule has 1 unspecified atom stereocenters. The molecule has 1 aliphatic rings. The number of rotatable bonds is 3. The molecule has 0 fully saturated rings. The number of ether oxygens (including phenoxy) is 2. The summed E-state index contributed by atoms with van der Waals surface area (Å²) in [6, 6.07) is 5.59. The number of allylic oxidation sites excluding steroid dienone is 1. The van der Waals surface area contributed by atoms with Gasteiger partial charge in [-0.15, -0.1) is 0 Å². The topological polar surface area (TPSA) is 44.5 Å². The van der Waals surface area contributed by atoms with Crippen molar-refractivity contribution in [3.63, 3.8) is 0 Å². The third kappa shape index (κ3) is 2.82. The second-order valence-corrected chi connectivity index (χ2v) is 4.88. The molecule has 17 heavy (non-hydrogen) atoms. The molecule has 0 bridgehead atoms. The van der Waals surface area contributed by atoms with E-state index in [1.54, 1.807) is 7.11 Å². The zero-order valence-corrected chi connectivity index (χ0v) is 11.4. The molecule has 1 aliphatic heterocycles. The summed E-state index contributed by atoms with van der Waals surface area (Å²) in [5.74, 6) is 1.62. The highest BCUT2D eigenvalue weighted by Gasteiger charge is 2.19. The van der Waals surface area contributed by atoms with Crippen molar-refractivity contribution in [2.45, 2.75) is 18.9 Å². The molecule has 1 heterocycles. The molecule has 0 radical (unpaired) electrons. The van der Waals surface area contributed by atoms with Crippen molar-refractivity contribution in [2.24, 2.45) is 5.73 Å². The second-order valence-electron chi connectivity index (χ2n) is 3.96. The molecule has 4 heteroatoms. The molecule has 3 nitrogen and oxygen atoms in total. The van der Waals surface area contributed by atoms with Crippen molar-refractivity contribution in [3.05, 3.63) is 40.1 Å². The van der Waals surface area contributed by atoms with Gasteiger partial charge in [0.1, 0.15) is 11.5 Å². The van der Waals surface area contributed by atoms with Crippen molar-refractivity contribution in [3.8, 4) is 5.75 Å². The van der Waals surface area contributed by atoms with Crippen LogP contribution in [0.15, 0.2) is 34.5 Å². The Labute approximate surface area is 110 Å². The summed E-state index contributed by atoms with van der Waals surface area (Å²) in [4.78, 5) is 0. The lowest BCUT2D eigenvalue weighted by Gasteiger charge is -2.22. The Hall–Kier alpha value is -1.00. The van der Waals surface area contributed by atoms with Gasteiger partial charge in [-0.25, -0.2) is 0 Å². The molecule has 0 aromatic heterocycles. The highest BCUT2D eigenvalue weighted by atomic mass is 79.9. The SMILES string of the molecule is COc1cc(Br)ccc1C(N)C1=CCCCO1. The molecule has 2 N–H and O–H groups in total. The highest BCUT2D eigenvalue weighted by molar-refractivity contribution is 9.10. The lowest BCUT2D eigenvalue weighted by atomic mass is 10.0. The number of benzene rings is 1. The molecule has 1 atom stereocenters. The normalized spacial score (nSPS) is 17.0. The zero-order valence-electron chi connectivity index (χ0n) is 9.78. The first kappa shape index (κ1) is 12.5. The third-order valence-corrected chi connectivity index (χ3v) is 3.29. The fraction of sp³-hybridized carbons (Fsp3) is 0.385. The summed E-state index contributed by atoms with van der Waals surface area (Å²) in [6.07, 6.45) is 4.16. The van der Waals surface area contributed by atoms with Crippen LogP contribution in [0.3, 0.4) is 0 Å². The van der Waals surface area contributed by atoms with Crippen LogP contribution < -0.4 is 10.5 Å². The van der Waals surface area contributed by atoms with Crippen LogP contribution in [0.5, 0.6) is 5.75 Å². The van der Waals surface area contributed by atoms with Gasteiger partial charge in [-0.05, 0) is 31.1 Å². The molecule has 92 valence electrons. The minimum Gasteiger partial charge on any atom is -0.496 e. The van der Waals surface area contributed by atoms with E-state index in [1.807, 2.05) is 18.2 Å². The van der Waals surface area contributed by atoms with Crippen molar-refractivity contribution < 1.29 is 9.47 Å². The minimum atomic E-state index is -0.252. The molecular formula is C13H16BrNO2. The van der Waals surface area contributed by atoms with E-state index in [1.165, 1.54) is 0 Å². The van der Waals surface area contributed by atoms with E-state index in [0.29, 0.717) is 0 Å². The van der Waals surface area contributed by atoms with Crippen LogP contribution in [0.25, 0.3) is 0 Å². The fourth-order valence-corrected chi connectivity index (χ4v) is 2.23. The van der Waals surface area contributed by atoms with Crippen molar-refractivity contribution in [2.75, 3.05) is 13.7 Å². The Morgan fingerprint density at radius 3 is 2.94 bits per heavy atom. The molecule has 1 aromatic rings. The summed E-state index contributed by atoms with van der Waals surface area (Å²) < 4.78 is 11.9. The Kier molecular flexibility index (Phi) is 4.07. The summed E-state index contributed by atoms with van der Waals surface area (Å²) in [5, 5.41) is 0. The van der Waals surface area contributed by atoms with E-state index >= 15 is 0 Å². The van der Waals surface area contributed by atoms with Crippen LogP contribution >= 0.6 is 15.9 Å². The smallest absolute Gasteiger partial charge is 0.125 e. The predicted octanol–water partition coefficient (Wildman–Crippen LogP) is 3.15. The van der Waals surface area contributed by atoms with Gasteiger partial charge in [0.2, 0.25) is 0 Å². The largest absolute Gasteiger partial charge is 0.496 e. The molecule has 2 rings (SSSR count). The van der Waals surface area contributed by atoms with E-state index in [2.05, 4.69) is 22.0 Å². The van der Waals surface area contributed by atoms with E-state index in [-0.39, 0.29) is 6.04 Å². The molecule has 0 amide bonds. The Morgan fingerprint density at radius 2 is 2.29 bits per heavy atom. The lowest BCUT2D eigenvalue weighted by Crippen LogP contribution is -2.18. The van der Waals surface area contributed by atoms with Gasteiger partial charge in [-0.3, -0.25) is 0 Å². The van der Waals surface area contributed by atoms with Gasteiger partial charge in [-0.1, -0.05) is 22.0 Å². The quantitative estimate of drug-likeness (QED) is 0.932. The summed E-state index contributed by atoms with van der Waals surface area (Å²) in [5.41, 5.74) is 7.16.